The molecule has 0 aliphatic heterocycles. The summed E-state index contributed by atoms with van der Waals surface area (Å²) >= 11 is 0. The number of fused-ring (bicyclic) bond motifs is 1. The van der Waals surface area contributed by atoms with Crippen molar-refractivity contribution < 1.29 is 0 Å². The molecule has 0 amide bonds. The third-order valence-corrected chi connectivity index (χ3v) is 5.19. The predicted octanol–water partition coefficient (Wildman–Crippen LogP) is 3.65. The summed E-state index contributed by atoms with van der Waals surface area (Å²) in [6, 6.07) is 7.16. The number of hydrogen-bond acceptors (Lipinski definition) is 3. The topological polar surface area (TPSA) is 67.1 Å². The number of halogens is 1. The van der Waals surface area contributed by atoms with E-state index in [0.717, 1.165) is 31.3 Å². The molecule has 1 atom stereocenters. The van der Waals surface area contributed by atoms with Crippen LogP contribution in [0.15, 0.2) is 29.5 Å². The van der Waals surface area contributed by atoms with E-state index in [0.29, 0.717) is 6.54 Å². The molecule has 2 N–H and O–H groups in total. The Kier molecular flexibility index (Phi) is 9.21. The van der Waals surface area contributed by atoms with E-state index in [4.69, 9.17) is 4.99 Å². The Labute approximate surface area is 185 Å². The number of rotatable bonds is 7. The van der Waals surface area contributed by atoms with Gasteiger partial charge >= 0.3 is 0 Å². The van der Waals surface area contributed by atoms with E-state index < -0.39 is 0 Å². The summed E-state index contributed by atoms with van der Waals surface area (Å²) in [6.45, 7) is 8.71. The summed E-state index contributed by atoms with van der Waals surface area (Å²) in [7, 11) is 0. The molecule has 0 saturated carbocycles. The second-order valence-corrected chi connectivity index (χ2v) is 7.16. The SMILES string of the molecule is CCNC(=NCCn1cnnc1CC)NC(C)c1ccc2c(c1)CCCC2.I. The average Bonchev–Trinajstić information content (AvgIpc) is 3.15. The monoisotopic (exact) mass is 496 g/mol. The molecule has 1 aromatic carbocycles. The van der Waals surface area contributed by atoms with Crippen LogP contribution in [0.3, 0.4) is 0 Å². The number of hydrogen-bond donors (Lipinski definition) is 2. The zero-order valence-corrected chi connectivity index (χ0v) is 19.6. The van der Waals surface area contributed by atoms with E-state index >= 15 is 0 Å². The van der Waals surface area contributed by atoms with Crippen molar-refractivity contribution >= 4 is 29.9 Å². The lowest BCUT2D eigenvalue weighted by atomic mass is 9.89. The molecule has 6 nitrogen and oxygen atoms in total. The molecule has 0 fully saturated rings. The number of aromatic nitrogens is 3. The minimum Gasteiger partial charge on any atom is -0.357 e. The van der Waals surface area contributed by atoms with Gasteiger partial charge in [-0.25, -0.2) is 0 Å². The van der Waals surface area contributed by atoms with Gasteiger partial charge in [0, 0.05) is 19.5 Å². The minimum absolute atomic E-state index is 0. The maximum Gasteiger partial charge on any atom is 0.191 e. The maximum atomic E-state index is 4.73. The molecule has 7 heteroatoms. The third-order valence-electron chi connectivity index (χ3n) is 5.19. The molecule has 0 radical (unpaired) electrons. The van der Waals surface area contributed by atoms with Crippen molar-refractivity contribution in [2.45, 2.75) is 65.5 Å². The van der Waals surface area contributed by atoms with E-state index in [1.165, 1.54) is 42.4 Å². The lowest BCUT2D eigenvalue weighted by Crippen LogP contribution is -2.39. The summed E-state index contributed by atoms with van der Waals surface area (Å²) in [5, 5.41) is 15.0. The Hall–Kier alpha value is -1.64. The largest absolute Gasteiger partial charge is 0.357 e. The van der Waals surface area contributed by atoms with Gasteiger partial charge in [0.25, 0.3) is 0 Å². The summed E-state index contributed by atoms with van der Waals surface area (Å²) in [5.41, 5.74) is 4.38. The number of benzene rings is 1. The maximum absolute atomic E-state index is 4.73. The van der Waals surface area contributed by atoms with E-state index in [-0.39, 0.29) is 30.0 Å². The number of guanidine groups is 1. The summed E-state index contributed by atoms with van der Waals surface area (Å²) in [4.78, 5) is 4.73. The lowest BCUT2D eigenvalue weighted by molar-refractivity contribution is 0.646. The van der Waals surface area contributed by atoms with Crippen LogP contribution in [0.1, 0.15) is 62.2 Å². The number of aliphatic imine (C=N–C) groups is 1. The summed E-state index contributed by atoms with van der Waals surface area (Å²) in [5.74, 6) is 1.86. The van der Waals surface area contributed by atoms with Crippen LogP contribution in [0.5, 0.6) is 0 Å². The van der Waals surface area contributed by atoms with Gasteiger partial charge in [-0.2, -0.15) is 0 Å². The third kappa shape index (κ3) is 5.93. The predicted molar refractivity (Wildman–Crippen MR) is 125 cm³/mol. The van der Waals surface area contributed by atoms with Gasteiger partial charge in [0.1, 0.15) is 12.2 Å². The highest BCUT2D eigenvalue weighted by Crippen LogP contribution is 2.24. The zero-order valence-electron chi connectivity index (χ0n) is 17.2. The van der Waals surface area contributed by atoms with E-state index in [1.54, 1.807) is 6.33 Å². The van der Waals surface area contributed by atoms with Crippen LogP contribution in [-0.4, -0.2) is 33.8 Å². The second-order valence-electron chi connectivity index (χ2n) is 7.16. The van der Waals surface area contributed by atoms with Crippen molar-refractivity contribution in [2.75, 3.05) is 13.1 Å². The van der Waals surface area contributed by atoms with Crippen LogP contribution in [0.4, 0.5) is 0 Å². The molecular weight excluding hydrogens is 463 g/mol. The molecule has 3 rings (SSSR count). The van der Waals surface area contributed by atoms with Gasteiger partial charge in [-0.1, -0.05) is 25.1 Å². The number of aryl methyl sites for hydroxylation is 3. The molecule has 0 spiro atoms. The van der Waals surface area contributed by atoms with E-state index in [2.05, 4.69) is 64.4 Å². The molecule has 28 heavy (non-hydrogen) atoms. The normalized spacial score (nSPS) is 14.8. The highest BCUT2D eigenvalue weighted by Gasteiger charge is 2.13. The average molecular weight is 496 g/mol. The molecule has 1 unspecified atom stereocenters. The minimum atomic E-state index is 0. The van der Waals surface area contributed by atoms with Crippen molar-refractivity contribution in [3.05, 3.63) is 47.0 Å². The smallest absolute Gasteiger partial charge is 0.191 e. The number of nitrogens with zero attached hydrogens (tertiary/aromatic N) is 4. The lowest BCUT2D eigenvalue weighted by Gasteiger charge is -2.21. The second kappa shape index (κ2) is 11.4. The quantitative estimate of drug-likeness (QED) is 0.349. The van der Waals surface area contributed by atoms with Crippen molar-refractivity contribution in [1.82, 2.24) is 25.4 Å². The van der Waals surface area contributed by atoms with Crippen molar-refractivity contribution in [2.24, 2.45) is 4.99 Å². The molecular formula is C21H33IN6. The first-order valence-corrected chi connectivity index (χ1v) is 10.2. The molecule has 154 valence electrons. The van der Waals surface area contributed by atoms with Crippen molar-refractivity contribution in [3.8, 4) is 0 Å². The van der Waals surface area contributed by atoms with Crippen molar-refractivity contribution in [1.29, 1.82) is 0 Å². The summed E-state index contributed by atoms with van der Waals surface area (Å²) in [6.07, 6.45) is 7.74. The highest BCUT2D eigenvalue weighted by atomic mass is 127. The standard InChI is InChI=1S/C21H32N6.HI/c1-4-20-26-24-15-27(20)13-12-23-21(22-5-2)25-16(3)18-11-10-17-8-6-7-9-19(17)14-18;/h10-11,14-16H,4-9,12-13H2,1-3H3,(H2,22,23,25);1H. The fourth-order valence-corrected chi connectivity index (χ4v) is 3.64. The van der Waals surface area contributed by atoms with E-state index in [9.17, 15) is 0 Å². The summed E-state index contributed by atoms with van der Waals surface area (Å²) < 4.78 is 2.07. The van der Waals surface area contributed by atoms with Gasteiger partial charge < -0.3 is 15.2 Å². The molecule has 1 heterocycles. The Bertz CT molecular complexity index is 770. The van der Waals surface area contributed by atoms with Crippen LogP contribution >= 0.6 is 24.0 Å². The Morgan fingerprint density at radius 3 is 2.75 bits per heavy atom. The fourth-order valence-electron chi connectivity index (χ4n) is 3.64. The van der Waals surface area contributed by atoms with Crippen LogP contribution in [0.25, 0.3) is 0 Å². The Morgan fingerprint density at radius 2 is 2.00 bits per heavy atom. The molecule has 0 saturated heterocycles. The van der Waals surface area contributed by atoms with E-state index in [1.807, 2.05) is 0 Å². The van der Waals surface area contributed by atoms with Gasteiger partial charge in [-0.05, 0) is 56.2 Å². The first kappa shape index (κ1) is 22.6. The van der Waals surface area contributed by atoms with Gasteiger partial charge in [0.15, 0.2) is 5.96 Å². The molecule has 1 aliphatic carbocycles. The van der Waals surface area contributed by atoms with Crippen LogP contribution < -0.4 is 10.6 Å². The first-order valence-electron chi connectivity index (χ1n) is 10.2. The first-order chi connectivity index (χ1) is 13.2. The highest BCUT2D eigenvalue weighted by molar-refractivity contribution is 14.0. The fraction of sp³-hybridized carbons (Fsp3) is 0.571. The zero-order chi connectivity index (χ0) is 19.1. The Balaban J connectivity index is 0.00000280. The van der Waals surface area contributed by atoms with Crippen LogP contribution in [0, 0.1) is 0 Å². The van der Waals surface area contributed by atoms with Crippen molar-refractivity contribution in [3.63, 3.8) is 0 Å². The van der Waals surface area contributed by atoms with Crippen LogP contribution in [0.2, 0.25) is 0 Å². The van der Waals surface area contributed by atoms with Gasteiger partial charge in [0.2, 0.25) is 0 Å². The molecule has 0 bridgehead atoms. The van der Waals surface area contributed by atoms with Gasteiger partial charge in [0.05, 0.1) is 12.6 Å². The molecule has 2 aromatic rings. The Morgan fingerprint density at radius 1 is 1.21 bits per heavy atom. The molecule has 1 aliphatic rings. The van der Waals surface area contributed by atoms with Gasteiger partial charge in [-0.15, -0.1) is 34.2 Å². The van der Waals surface area contributed by atoms with Gasteiger partial charge in [-0.3, -0.25) is 4.99 Å². The molecule has 1 aromatic heterocycles. The van der Waals surface area contributed by atoms with Crippen LogP contribution in [-0.2, 0) is 25.8 Å². The number of nitrogens with one attached hydrogen (secondary N) is 2.